The van der Waals surface area contributed by atoms with E-state index in [0.717, 1.165) is 6.42 Å². The van der Waals surface area contributed by atoms with Crippen LogP contribution in [-0.2, 0) is 14.3 Å². The molecule has 202 valence electrons. The van der Waals surface area contributed by atoms with Crippen molar-refractivity contribution in [3.8, 4) is 6.07 Å². The Morgan fingerprint density at radius 3 is 2.50 bits per heavy atom. The Labute approximate surface area is 214 Å². The highest BCUT2D eigenvalue weighted by molar-refractivity contribution is 5.72. The summed E-state index contributed by atoms with van der Waals surface area (Å²) in [7, 11) is 0. The zero-order chi connectivity index (χ0) is 26.8. The Morgan fingerprint density at radius 2 is 1.86 bits per heavy atom. The fourth-order valence-electron chi connectivity index (χ4n) is 5.89. The third-order valence-corrected chi connectivity index (χ3v) is 7.92. The van der Waals surface area contributed by atoms with Crippen LogP contribution in [0.5, 0.6) is 0 Å². The van der Waals surface area contributed by atoms with Gasteiger partial charge in [0.25, 0.3) is 0 Å². The number of allylic oxidation sites excluding steroid dienone is 2. The molecule has 0 aromatic carbocycles. The summed E-state index contributed by atoms with van der Waals surface area (Å²) in [6.45, 7) is 5.75. The van der Waals surface area contributed by atoms with Gasteiger partial charge in [0, 0.05) is 18.9 Å². The van der Waals surface area contributed by atoms with Crippen molar-refractivity contribution < 1.29 is 34.8 Å². The Bertz CT molecular complexity index is 832. The van der Waals surface area contributed by atoms with E-state index in [2.05, 4.69) is 6.07 Å². The van der Waals surface area contributed by atoms with Gasteiger partial charge in [0.1, 0.15) is 6.10 Å². The van der Waals surface area contributed by atoms with E-state index in [1.807, 2.05) is 20.8 Å². The van der Waals surface area contributed by atoms with Crippen molar-refractivity contribution >= 4 is 11.9 Å². The first-order chi connectivity index (χ1) is 17.1. The molecule has 1 saturated carbocycles. The van der Waals surface area contributed by atoms with Crippen molar-refractivity contribution in [2.45, 2.75) is 90.4 Å². The molecule has 1 heterocycles. The van der Waals surface area contributed by atoms with Crippen LogP contribution in [0.1, 0.15) is 72.1 Å². The van der Waals surface area contributed by atoms with Gasteiger partial charge in [-0.25, -0.2) is 0 Å². The Morgan fingerprint density at radius 1 is 1.14 bits per heavy atom. The summed E-state index contributed by atoms with van der Waals surface area (Å²) < 4.78 is 5.75. The molecule has 8 heteroatoms. The van der Waals surface area contributed by atoms with E-state index in [4.69, 9.17) is 4.74 Å². The van der Waals surface area contributed by atoms with Crippen LogP contribution in [-0.4, -0.2) is 57.3 Å². The molecular weight excluding hydrogens is 462 g/mol. The molecule has 9 unspecified atom stereocenters. The quantitative estimate of drug-likeness (QED) is 0.425. The largest absolute Gasteiger partial charge is 0.481 e. The lowest BCUT2D eigenvalue weighted by atomic mass is 9.81. The minimum atomic E-state index is -0.983. The second kappa shape index (κ2) is 14.5. The number of carbonyl (C=O) groups excluding carboxylic acids is 1. The van der Waals surface area contributed by atoms with Crippen molar-refractivity contribution in [2.75, 3.05) is 6.61 Å². The molecule has 0 aromatic rings. The van der Waals surface area contributed by atoms with Crippen LogP contribution in [0.4, 0.5) is 0 Å². The molecule has 0 amide bonds. The van der Waals surface area contributed by atoms with Gasteiger partial charge in [0.05, 0.1) is 36.2 Å². The van der Waals surface area contributed by atoms with Crippen LogP contribution >= 0.6 is 0 Å². The molecule has 1 aliphatic heterocycles. The van der Waals surface area contributed by atoms with Gasteiger partial charge in [-0.1, -0.05) is 39.3 Å². The second-order valence-electron chi connectivity index (χ2n) is 11.0. The summed E-state index contributed by atoms with van der Waals surface area (Å²) >= 11 is 0. The summed E-state index contributed by atoms with van der Waals surface area (Å²) in [6, 6.07) is 2.06. The number of cyclic esters (lactones) is 1. The van der Waals surface area contributed by atoms with Gasteiger partial charge in [0.15, 0.2) is 0 Å². The average Bonchev–Trinajstić information content (AvgIpc) is 3.32. The highest BCUT2D eigenvalue weighted by atomic mass is 16.5. The number of nitriles is 1. The normalized spacial score (nSPS) is 37.8. The number of nitrogens with zero attached hydrogens (tertiary/aromatic N) is 1. The standard InChI is InChI=1S/C28H43NO7/c1-17-11-18(2)24(31)14-26(32)36-25(22-8-6-9-23(22)28(34)35)10-5-4-7-21(15-29)27(33)19(3)13-20(12-17)16-30/h4-5,7,17-20,22-25,27,30-31,33H,6,8-14,16H2,1-3H3,(H,34,35). The van der Waals surface area contributed by atoms with Crippen LogP contribution in [0, 0.1) is 46.8 Å². The van der Waals surface area contributed by atoms with Crippen LogP contribution in [0.15, 0.2) is 23.8 Å². The molecule has 8 nitrogen and oxygen atoms in total. The van der Waals surface area contributed by atoms with Crippen molar-refractivity contribution in [1.29, 1.82) is 5.26 Å². The Kier molecular flexibility index (Phi) is 12.1. The molecular formula is C28H43NO7. The number of rotatable bonds is 3. The van der Waals surface area contributed by atoms with E-state index in [1.165, 1.54) is 6.08 Å². The first-order valence-corrected chi connectivity index (χ1v) is 13.2. The van der Waals surface area contributed by atoms with Gasteiger partial charge in [-0.3, -0.25) is 9.59 Å². The molecule has 1 fully saturated rings. The number of aliphatic hydroxyl groups is 3. The van der Waals surface area contributed by atoms with Crippen LogP contribution in [0.25, 0.3) is 0 Å². The van der Waals surface area contributed by atoms with Crippen LogP contribution in [0.2, 0.25) is 0 Å². The summed E-state index contributed by atoms with van der Waals surface area (Å²) in [5.41, 5.74) is 0.208. The maximum atomic E-state index is 12.8. The number of carboxylic acid groups (broad SMARTS) is 1. The van der Waals surface area contributed by atoms with Gasteiger partial charge in [-0.2, -0.15) is 5.26 Å². The van der Waals surface area contributed by atoms with Gasteiger partial charge in [-0.05, 0) is 61.9 Å². The van der Waals surface area contributed by atoms with E-state index in [9.17, 15) is 35.3 Å². The van der Waals surface area contributed by atoms with Crippen LogP contribution in [0.3, 0.4) is 0 Å². The lowest BCUT2D eigenvalue weighted by Crippen LogP contribution is -2.34. The first kappa shape index (κ1) is 30.0. The zero-order valence-corrected chi connectivity index (χ0v) is 21.8. The predicted molar refractivity (Wildman–Crippen MR) is 134 cm³/mol. The highest BCUT2D eigenvalue weighted by Crippen LogP contribution is 2.37. The van der Waals surface area contributed by atoms with Crippen molar-refractivity contribution in [3.63, 3.8) is 0 Å². The molecule has 0 spiro atoms. The molecule has 36 heavy (non-hydrogen) atoms. The monoisotopic (exact) mass is 505 g/mol. The summed E-state index contributed by atoms with van der Waals surface area (Å²) in [5, 5.41) is 50.6. The minimum absolute atomic E-state index is 0.0317. The Hall–Kier alpha value is -2.21. The molecule has 0 aromatic heterocycles. The van der Waals surface area contributed by atoms with E-state index in [1.54, 1.807) is 12.2 Å². The molecule has 2 aliphatic rings. The number of ether oxygens (including phenoxy) is 1. The fraction of sp³-hybridized carbons (Fsp3) is 0.750. The van der Waals surface area contributed by atoms with Gasteiger partial charge in [-0.15, -0.1) is 0 Å². The van der Waals surface area contributed by atoms with Crippen LogP contribution < -0.4 is 0 Å². The highest BCUT2D eigenvalue weighted by Gasteiger charge is 2.39. The lowest BCUT2D eigenvalue weighted by Gasteiger charge is -2.29. The fourth-order valence-corrected chi connectivity index (χ4v) is 5.89. The number of hydrogen-bond donors (Lipinski definition) is 4. The number of carbonyl (C=O) groups is 2. The summed E-state index contributed by atoms with van der Waals surface area (Å²) in [6.07, 6.45) is 6.31. The van der Waals surface area contributed by atoms with E-state index >= 15 is 0 Å². The number of esters is 1. The third-order valence-electron chi connectivity index (χ3n) is 7.92. The lowest BCUT2D eigenvalue weighted by molar-refractivity contribution is -0.159. The number of aliphatic hydroxyl groups excluding tert-OH is 3. The number of carboxylic acids is 1. The molecule has 0 bridgehead atoms. The molecule has 0 saturated heterocycles. The van der Waals surface area contributed by atoms with Crippen molar-refractivity contribution in [3.05, 3.63) is 23.8 Å². The van der Waals surface area contributed by atoms with E-state index in [0.29, 0.717) is 32.1 Å². The molecule has 9 atom stereocenters. The first-order valence-electron chi connectivity index (χ1n) is 13.2. The van der Waals surface area contributed by atoms with E-state index in [-0.39, 0.29) is 54.6 Å². The molecule has 4 N–H and O–H groups in total. The maximum Gasteiger partial charge on any atom is 0.308 e. The second-order valence-corrected chi connectivity index (χ2v) is 11.0. The van der Waals surface area contributed by atoms with Crippen molar-refractivity contribution in [2.24, 2.45) is 35.5 Å². The summed E-state index contributed by atoms with van der Waals surface area (Å²) in [4.78, 5) is 24.5. The van der Waals surface area contributed by atoms with E-state index < -0.39 is 36.2 Å². The molecule has 0 radical (unpaired) electrons. The number of hydrogen-bond acceptors (Lipinski definition) is 7. The van der Waals surface area contributed by atoms with Crippen molar-refractivity contribution in [1.82, 2.24) is 0 Å². The predicted octanol–water partition coefficient (Wildman–Crippen LogP) is 3.61. The van der Waals surface area contributed by atoms with Gasteiger partial charge >= 0.3 is 11.9 Å². The molecule has 1 aliphatic carbocycles. The zero-order valence-electron chi connectivity index (χ0n) is 21.8. The SMILES string of the molecule is CC1CC(CO)CC(C)C(O)C(C#N)=CC=CCC(C2CCCC2C(=O)O)OC(=O)CC(O)C(C)C1. The smallest absolute Gasteiger partial charge is 0.308 e. The summed E-state index contributed by atoms with van der Waals surface area (Å²) in [5.74, 6) is -2.65. The van der Waals surface area contributed by atoms with Gasteiger partial charge < -0.3 is 25.2 Å². The Balaban J connectivity index is 2.32. The minimum Gasteiger partial charge on any atom is -0.481 e. The van der Waals surface area contributed by atoms with Gasteiger partial charge in [0.2, 0.25) is 0 Å². The maximum absolute atomic E-state index is 12.8. The topological polar surface area (TPSA) is 148 Å². The molecule has 2 rings (SSSR count). The average molecular weight is 506 g/mol. The number of aliphatic carboxylic acids is 1. The third kappa shape index (κ3) is 8.72.